The predicted octanol–water partition coefficient (Wildman–Crippen LogP) is 2.87. The van der Waals surface area contributed by atoms with Gasteiger partial charge in [-0.25, -0.2) is 4.98 Å². The highest BCUT2D eigenvalue weighted by Gasteiger charge is 2.10. The fourth-order valence-corrected chi connectivity index (χ4v) is 3.60. The summed E-state index contributed by atoms with van der Waals surface area (Å²) in [7, 11) is 0. The fourth-order valence-electron chi connectivity index (χ4n) is 1.78. The highest BCUT2D eigenvalue weighted by atomic mass is 32.2. The van der Waals surface area contributed by atoms with Crippen LogP contribution in [-0.2, 0) is 4.79 Å². The first-order valence-corrected chi connectivity index (χ1v) is 7.96. The Morgan fingerprint density at radius 2 is 2.19 bits per heavy atom. The third-order valence-electron chi connectivity index (χ3n) is 2.67. The van der Waals surface area contributed by atoms with E-state index in [4.69, 9.17) is 4.42 Å². The maximum Gasteiger partial charge on any atom is 0.131 e. The molecule has 2 aromatic heterocycles. The Labute approximate surface area is 129 Å². The van der Waals surface area contributed by atoms with Crippen molar-refractivity contribution < 1.29 is 14.3 Å². The minimum atomic E-state index is -1.11. The topological polar surface area (TPSA) is 66.2 Å². The fraction of sp³-hybridized carbons (Fsp3) is 0.0667. The number of hydrogen-bond donors (Lipinski definition) is 0. The van der Waals surface area contributed by atoms with Gasteiger partial charge in [0.25, 0.3) is 0 Å². The van der Waals surface area contributed by atoms with Gasteiger partial charge in [-0.05, 0) is 30.3 Å². The van der Waals surface area contributed by atoms with Crippen LogP contribution in [0.15, 0.2) is 47.1 Å². The molecule has 1 aromatic carbocycles. The van der Waals surface area contributed by atoms with Gasteiger partial charge in [0.15, 0.2) is 0 Å². The van der Waals surface area contributed by atoms with Gasteiger partial charge in [0.05, 0.1) is 22.4 Å². The smallest absolute Gasteiger partial charge is 0.131 e. The van der Waals surface area contributed by atoms with Gasteiger partial charge in [-0.1, -0.05) is 12.1 Å². The molecule has 0 aliphatic heterocycles. The van der Waals surface area contributed by atoms with E-state index in [1.54, 1.807) is 18.4 Å². The van der Waals surface area contributed by atoms with E-state index in [0.29, 0.717) is 5.76 Å². The average molecular weight is 316 g/mol. The number of hydrogen-bond acceptors (Lipinski definition) is 6. The SMILES string of the molecule is O=C([O-])CS/C(=C\c1ccco1)c1nc2ccccc2s1. The molecular formula is C15H10NO3S2-. The molecule has 0 N–H and O–H groups in total. The highest BCUT2D eigenvalue weighted by Crippen LogP contribution is 2.35. The molecule has 0 saturated carbocycles. The number of carboxylic acid groups (broad SMARTS) is 1. The van der Waals surface area contributed by atoms with Gasteiger partial charge in [0.2, 0.25) is 0 Å². The van der Waals surface area contributed by atoms with Crippen molar-refractivity contribution in [2.24, 2.45) is 0 Å². The molecule has 4 nitrogen and oxygen atoms in total. The van der Waals surface area contributed by atoms with Crippen molar-refractivity contribution in [3.05, 3.63) is 53.4 Å². The first-order chi connectivity index (χ1) is 10.2. The summed E-state index contributed by atoms with van der Waals surface area (Å²) in [5.41, 5.74) is 0.900. The zero-order valence-electron chi connectivity index (χ0n) is 10.8. The Morgan fingerprint density at radius 1 is 1.33 bits per heavy atom. The van der Waals surface area contributed by atoms with Gasteiger partial charge in [-0.3, -0.25) is 0 Å². The summed E-state index contributed by atoms with van der Waals surface area (Å²) in [6, 6.07) is 11.4. The summed E-state index contributed by atoms with van der Waals surface area (Å²) in [6.45, 7) is 0. The summed E-state index contributed by atoms with van der Waals surface area (Å²) in [5.74, 6) is -0.566. The lowest BCUT2D eigenvalue weighted by Gasteiger charge is -2.04. The molecule has 0 spiro atoms. The highest BCUT2D eigenvalue weighted by molar-refractivity contribution is 8.09. The number of carbonyl (C=O) groups excluding carboxylic acids is 1. The molecule has 6 heteroatoms. The second-order valence-electron chi connectivity index (χ2n) is 4.17. The number of benzene rings is 1. The number of rotatable bonds is 5. The maximum atomic E-state index is 10.7. The molecule has 0 bridgehead atoms. The lowest BCUT2D eigenvalue weighted by Crippen LogP contribution is -2.24. The van der Waals surface area contributed by atoms with Gasteiger partial charge in [0.1, 0.15) is 10.8 Å². The number of fused-ring (bicyclic) bond motifs is 1. The van der Waals surface area contributed by atoms with E-state index in [2.05, 4.69) is 4.98 Å². The third-order valence-corrected chi connectivity index (χ3v) is 4.87. The van der Waals surface area contributed by atoms with Gasteiger partial charge in [0, 0.05) is 10.7 Å². The van der Waals surface area contributed by atoms with Crippen molar-refractivity contribution in [3.8, 4) is 0 Å². The van der Waals surface area contributed by atoms with Crippen LogP contribution in [0.4, 0.5) is 0 Å². The summed E-state index contributed by atoms with van der Waals surface area (Å²) >= 11 is 2.71. The minimum absolute atomic E-state index is 0.123. The molecular weight excluding hydrogens is 306 g/mol. The molecule has 0 aliphatic rings. The Morgan fingerprint density at radius 3 is 2.90 bits per heavy atom. The molecule has 3 aromatic rings. The Kier molecular flexibility index (Phi) is 4.08. The molecule has 0 atom stereocenters. The van der Waals surface area contributed by atoms with Crippen LogP contribution in [0.2, 0.25) is 0 Å². The molecule has 0 amide bonds. The number of para-hydroxylation sites is 1. The lowest BCUT2D eigenvalue weighted by molar-refractivity contribution is -0.301. The number of nitrogens with zero attached hydrogens (tertiary/aromatic N) is 1. The van der Waals surface area contributed by atoms with Gasteiger partial charge >= 0.3 is 0 Å². The van der Waals surface area contributed by atoms with Crippen LogP contribution >= 0.6 is 23.1 Å². The molecule has 3 rings (SSSR count). The van der Waals surface area contributed by atoms with E-state index >= 15 is 0 Å². The molecule has 106 valence electrons. The first kappa shape index (κ1) is 13.9. The van der Waals surface area contributed by atoms with Crippen molar-refractivity contribution in [2.45, 2.75) is 0 Å². The molecule has 2 heterocycles. The number of carbonyl (C=O) groups is 1. The van der Waals surface area contributed by atoms with Crippen molar-refractivity contribution in [2.75, 3.05) is 5.75 Å². The van der Waals surface area contributed by atoms with Crippen molar-refractivity contribution in [1.82, 2.24) is 4.98 Å². The van der Waals surface area contributed by atoms with E-state index < -0.39 is 5.97 Å². The summed E-state index contributed by atoms with van der Waals surface area (Å²) in [6.07, 6.45) is 3.37. The molecule has 0 radical (unpaired) electrons. The molecule has 0 fully saturated rings. The van der Waals surface area contributed by atoms with Crippen LogP contribution in [0, 0.1) is 0 Å². The summed E-state index contributed by atoms with van der Waals surface area (Å²) in [5, 5.41) is 11.5. The minimum Gasteiger partial charge on any atom is -0.549 e. The number of carboxylic acids is 1. The number of aromatic nitrogens is 1. The summed E-state index contributed by atoms with van der Waals surface area (Å²) in [4.78, 5) is 16.0. The molecule has 0 saturated heterocycles. The van der Waals surface area contributed by atoms with E-state index in [1.165, 1.54) is 23.1 Å². The molecule has 0 unspecified atom stereocenters. The maximum absolute atomic E-state index is 10.7. The standard InChI is InChI=1S/C15H11NO3S2/c17-14(18)9-20-13(8-10-4-3-7-19-10)15-16-11-5-1-2-6-12(11)21-15/h1-8H,9H2,(H,17,18)/p-1/b13-8-. The Balaban J connectivity index is 1.99. The quantitative estimate of drug-likeness (QED) is 0.724. The number of thioether (sulfide) groups is 1. The number of thiazole rings is 1. The van der Waals surface area contributed by atoms with Gasteiger partial charge in [-0.15, -0.1) is 23.1 Å². The van der Waals surface area contributed by atoms with Crippen LogP contribution in [0.5, 0.6) is 0 Å². The van der Waals surface area contributed by atoms with Crippen molar-refractivity contribution >= 4 is 50.3 Å². The largest absolute Gasteiger partial charge is 0.549 e. The second-order valence-corrected chi connectivity index (χ2v) is 6.22. The lowest BCUT2D eigenvalue weighted by atomic mass is 10.3. The molecule has 21 heavy (non-hydrogen) atoms. The predicted molar refractivity (Wildman–Crippen MR) is 83.7 cm³/mol. The van der Waals surface area contributed by atoms with Crippen LogP contribution in [-0.4, -0.2) is 16.7 Å². The van der Waals surface area contributed by atoms with Crippen molar-refractivity contribution in [1.29, 1.82) is 0 Å². The van der Waals surface area contributed by atoms with Gasteiger partial charge in [-0.2, -0.15) is 0 Å². The zero-order valence-corrected chi connectivity index (χ0v) is 12.4. The molecule has 0 aliphatic carbocycles. The monoisotopic (exact) mass is 316 g/mol. The van der Waals surface area contributed by atoms with Crippen LogP contribution in [0.25, 0.3) is 21.2 Å². The zero-order chi connectivity index (χ0) is 14.7. The Bertz CT molecular complexity index is 757. The summed E-state index contributed by atoms with van der Waals surface area (Å²) < 4.78 is 6.35. The van der Waals surface area contributed by atoms with E-state index in [9.17, 15) is 9.90 Å². The van der Waals surface area contributed by atoms with Crippen LogP contribution < -0.4 is 5.11 Å². The average Bonchev–Trinajstić information content (AvgIpc) is 3.11. The van der Waals surface area contributed by atoms with E-state index in [-0.39, 0.29) is 5.75 Å². The van der Waals surface area contributed by atoms with Crippen LogP contribution in [0.1, 0.15) is 10.8 Å². The van der Waals surface area contributed by atoms with E-state index in [0.717, 1.165) is 20.1 Å². The van der Waals surface area contributed by atoms with E-state index in [1.807, 2.05) is 30.3 Å². The van der Waals surface area contributed by atoms with Crippen molar-refractivity contribution in [3.63, 3.8) is 0 Å². The Hall–Kier alpha value is -2.05. The first-order valence-electron chi connectivity index (χ1n) is 6.16. The normalized spacial score (nSPS) is 11.9. The number of aliphatic carboxylic acids is 1. The number of furan rings is 1. The van der Waals surface area contributed by atoms with Gasteiger partial charge < -0.3 is 14.3 Å². The van der Waals surface area contributed by atoms with Crippen LogP contribution in [0.3, 0.4) is 0 Å². The second kappa shape index (κ2) is 6.15. The third kappa shape index (κ3) is 3.34.